The van der Waals surface area contributed by atoms with Crippen LogP contribution < -0.4 is 10.6 Å². The topological polar surface area (TPSA) is 66.9 Å². The van der Waals surface area contributed by atoms with E-state index in [1.165, 1.54) is 30.6 Å². The lowest BCUT2D eigenvalue weighted by Crippen LogP contribution is -2.14. The van der Waals surface area contributed by atoms with Gasteiger partial charge in [-0.15, -0.1) is 6.58 Å². The number of hydrogen-bond donors (Lipinski definition) is 2. The molecule has 0 saturated carbocycles. The van der Waals surface area contributed by atoms with Gasteiger partial charge in [0.15, 0.2) is 0 Å². The molecule has 0 bridgehead atoms. The normalized spacial score (nSPS) is 10.0. The number of nitrogens with one attached hydrogen (secondary N) is 2. The number of carbonyl (C=O) groups excluding carboxylic acids is 1. The number of anilines is 2. The molecule has 0 unspecified atom stereocenters. The lowest BCUT2D eigenvalue weighted by atomic mass is 10.3. The van der Waals surface area contributed by atoms with Crippen LogP contribution in [-0.2, 0) is 0 Å². The molecule has 0 atom stereocenters. The van der Waals surface area contributed by atoms with Crippen LogP contribution in [0.25, 0.3) is 0 Å². The molecule has 2 N–H and O–H groups in total. The van der Waals surface area contributed by atoms with Crippen molar-refractivity contribution in [3.8, 4) is 0 Å². The quantitative estimate of drug-likeness (QED) is 0.833. The molecule has 1 heterocycles. The molecule has 1 aromatic heterocycles. The summed E-state index contributed by atoms with van der Waals surface area (Å²) in [4.78, 5) is 19.9. The molecule has 0 saturated heterocycles. The summed E-state index contributed by atoms with van der Waals surface area (Å²) >= 11 is 5.65. The Bertz CT molecular complexity index is 678. The number of benzene rings is 1. The summed E-state index contributed by atoms with van der Waals surface area (Å²) in [5, 5.41) is 5.47. The summed E-state index contributed by atoms with van der Waals surface area (Å²) in [7, 11) is 0. The Hall–Kier alpha value is -2.47. The van der Waals surface area contributed by atoms with Gasteiger partial charge in [-0.1, -0.05) is 17.7 Å². The van der Waals surface area contributed by atoms with Crippen molar-refractivity contribution >= 4 is 29.0 Å². The van der Waals surface area contributed by atoms with Gasteiger partial charge in [0.1, 0.15) is 23.7 Å². The van der Waals surface area contributed by atoms with Crippen LogP contribution in [0.3, 0.4) is 0 Å². The summed E-state index contributed by atoms with van der Waals surface area (Å²) in [6.07, 6.45) is 2.94. The van der Waals surface area contributed by atoms with E-state index in [0.717, 1.165) is 0 Å². The first kappa shape index (κ1) is 14.9. The third-order valence-electron chi connectivity index (χ3n) is 2.50. The number of carbonyl (C=O) groups is 1. The molecular formula is C14H12ClFN4O. The second kappa shape index (κ2) is 6.81. The van der Waals surface area contributed by atoms with E-state index in [4.69, 9.17) is 11.6 Å². The third-order valence-corrected chi connectivity index (χ3v) is 2.79. The molecule has 0 spiro atoms. The molecule has 0 aliphatic carbocycles. The molecule has 2 aromatic rings. The van der Waals surface area contributed by atoms with Crippen molar-refractivity contribution in [1.82, 2.24) is 9.97 Å². The Balaban J connectivity index is 2.12. The molecule has 1 aromatic carbocycles. The Labute approximate surface area is 125 Å². The van der Waals surface area contributed by atoms with Gasteiger partial charge in [0.25, 0.3) is 5.91 Å². The van der Waals surface area contributed by atoms with Gasteiger partial charge < -0.3 is 10.6 Å². The third kappa shape index (κ3) is 4.00. The van der Waals surface area contributed by atoms with Crippen molar-refractivity contribution in [2.45, 2.75) is 0 Å². The summed E-state index contributed by atoms with van der Waals surface area (Å²) in [5.74, 6) is -0.485. The first-order chi connectivity index (χ1) is 10.1. The highest BCUT2D eigenvalue weighted by Crippen LogP contribution is 2.19. The van der Waals surface area contributed by atoms with Gasteiger partial charge in [-0.3, -0.25) is 4.79 Å². The first-order valence-electron chi connectivity index (χ1n) is 6.03. The van der Waals surface area contributed by atoms with Crippen LogP contribution in [0.2, 0.25) is 5.02 Å². The van der Waals surface area contributed by atoms with Gasteiger partial charge in [0, 0.05) is 18.3 Å². The highest BCUT2D eigenvalue weighted by Gasteiger charge is 2.10. The Kier molecular flexibility index (Phi) is 4.84. The van der Waals surface area contributed by atoms with Gasteiger partial charge >= 0.3 is 0 Å². The van der Waals surface area contributed by atoms with Crippen molar-refractivity contribution in [2.24, 2.45) is 0 Å². The number of halogens is 2. The fourth-order valence-electron chi connectivity index (χ4n) is 1.52. The van der Waals surface area contributed by atoms with E-state index in [-0.39, 0.29) is 10.7 Å². The molecule has 0 aliphatic rings. The van der Waals surface area contributed by atoms with Crippen molar-refractivity contribution < 1.29 is 9.18 Å². The number of nitrogens with zero attached hydrogens (tertiary/aromatic N) is 2. The number of hydrogen-bond acceptors (Lipinski definition) is 4. The molecule has 0 aliphatic heterocycles. The Morgan fingerprint density at radius 3 is 2.90 bits per heavy atom. The SMILES string of the molecule is C=CCNc1cc(C(=O)Nc2ccc(F)c(Cl)c2)ncn1. The van der Waals surface area contributed by atoms with Crippen LogP contribution in [-0.4, -0.2) is 22.4 Å². The maximum Gasteiger partial charge on any atom is 0.274 e. The molecule has 1 amide bonds. The number of aromatic nitrogens is 2. The fraction of sp³-hybridized carbons (Fsp3) is 0.0714. The van der Waals surface area contributed by atoms with Crippen LogP contribution in [0.15, 0.2) is 43.2 Å². The molecule has 0 radical (unpaired) electrons. The van der Waals surface area contributed by atoms with E-state index in [9.17, 15) is 9.18 Å². The summed E-state index contributed by atoms with van der Waals surface area (Å²) in [5.41, 5.74) is 0.558. The summed E-state index contributed by atoms with van der Waals surface area (Å²) in [6.45, 7) is 4.10. The number of amides is 1. The zero-order valence-electron chi connectivity index (χ0n) is 10.9. The zero-order chi connectivity index (χ0) is 15.2. The largest absolute Gasteiger partial charge is 0.366 e. The van der Waals surface area contributed by atoms with E-state index in [1.807, 2.05) is 0 Å². The Morgan fingerprint density at radius 2 is 2.19 bits per heavy atom. The van der Waals surface area contributed by atoms with Gasteiger partial charge in [-0.05, 0) is 18.2 Å². The zero-order valence-corrected chi connectivity index (χ0v) is 11.7. The maximum absolute atomic E-state index is 13.0. The van der Waals surface area contributed by atoms with Crippen LogP contribution in [0.4, 0.5) is 15.9 Å². The number of rotatable bonds is 5. The minimum Gasteiger partial charge on any atom is -0.366 e. The van der Waals surface area contributed by atoms with E-state index < -0.39 is 11.7 Å². The highest BCUT2D eigenvalue weighted by molar-refractivity contribution is 6.31. The first-order valence-corrected chi connectivity index (χ1v) is 6.41. The average Bonchev–Trinajstić information content (AvgIpc) is 2.49. The van der Waals surface area contributed by atoms with Crippen molar-refractivity contribution in [2.75, 3.05) is 17.2 Å². The molecule has 5 nitrogen and oxygen atoms in total. The van der Waals surface area contributed by atoms with Crippen LogP contribution >= 0.6 is 11.6 Å². The second-order valence-electron chi connectivity index (χ2n) is 4.04. The molecule has 0 fully saturated rings. The minimum atomic E-state index is -0.549. The smallest absolute Gasteiger partial charge is 0.274 e. The van der Waals surface area contributed by atoms with Crippen molar-refractivity contribution in [3.63, 3.8) is 0 Å². The fourth-order valence-corrected chi connectivity index (χ4v) is 1.70. The summed E-state index contributed by atoms with van der Waals surface area (Å²) in [6, 6.07) is 5.42. The van der Waals surface area contributed by atoms with E-state index >= 15 is 0 Å². The van der Waals surface area contributed by atoms with Crippen molar-refractivity contribution in [3.05, 3.63) is 59.8 Å². The van der Waals surface area contributed by atoms with Gasteiger partial charge in [0.05, 0.1) is 5.02 Å². The van der Waals surface area contributed by atoms with Crippen LogP contribution in [0.5, 0.6) is 0 Å². The average molecular weight is 307 g/mol. The van der Waals surface area contributed by atoms with Gasteiger partial charge in [-0.2, -0.15) is 0 Å². The molecule has 7 heteroatoms. The predicted octanol–water partition coefficient (Wildman–Crippen LogP) is 3.12. The van der Waals surface area contributed by atoms with Crippen LogP contribution in [0, 0.1) is 5.82 Å². The highest BCUT2D eigenvalue weighted by atomic mass is 35.5. The molecule has 21 heavy (non-hydrogen) atoms. The lowest BCUT2D eigenvalue weighted by molar-refractivity contribution is 0.102. The molecular weight excluding hydrogens is 295 g/mol. The van der Waals surface area contributed by atoms with Crippen LogP contribution in [0.1, 0.15) is 10.5 Å². The van der Waals surface area contributed by atoms with Gasteiger partial charge in [-0.25, -0.2) is 14.4 Å². The molecule has 2 rings (SSSR count). The summed E-state index contributed by atoms with van der Waals surface area (Å²) < 4.78 is 13.0. The van der Waals surface area contributed by atoms with Gasteiger partial charge in [0.2, 0.25) is 0 Å². The minimum absolute atomic E-state index is 0.0659. The van der Waals surface area contributed by atoms with E-state index in [2.05, 4.69) is 27.2 Å². The predicted molar refractivity (Wildman–Crippen MR) is 80.1 cm³/mol. The Morgan fingerprint density at radius 1 is 1.38 bits per heavy atom. The molecule has 108 valence electrons. The van der Waals surface area contributed by atoms with E-state index in [0.29, 0.717) is 18.1 Å². The second-order valence-corrected chi connectivity index (χ2v) is 4.45. The maximum atomic E-state index is 13.0. The monoisotopic (exact) mass is 306 g/mol. The lowest BCUT2D eigenvalue weighted by Gasteiger charge is -2.07. The standard InChI is InChI=1S/C14H12ClFN4O/c1-2-5-17-13-7-12(18-8-19-13)14(21)20-9-3-4-11(16)10(15)6-9/h2-4,6-8H,1,5H2,(H,20,21)(H,17,18,19). The van der Waals surface area contributed by atoms with E-state index in [1.54, 1.807) is 6.08 Å². The van der Waals surface area contributed by atoms with Crippen molar-refractivity contribution in [1.29, 1.82) is 0 Å².